The molecular formula is C16H15F4NO. The number of carbonyl (C=O) groups is 1. The molecule has 0 saturated carbocycles. The van der Waals surface area contributed by atoms with Crippen LogP contribution in [0.25, 0.3) is 5.57 Å². The molecule has 0 aromatic heterocycles. The van der Waals surface area contributed by atoms with Crippen LogP contribution in [0.4, 0.5) is 17.6 Å². The summed E-state index contributed by atoms with van der Waals surface area (Å²) in [6.07, 6.45) is -3.52. The van der Waals surface area contributed by atoms with Gasteiger partial charge in [0, 0.05) is 0 Å². The molecule has 1 amide bonds. The summed E-state index contributed by atoms with van der Waals surface area (Å²) in [5, 5.41) is 0. The van der Waals surface area contributed by atoms with Gasteiger partial charge in [0.2, 0.25) is 0 Å². The largest absolute Gasteiger partial charge is 0.419 e. The highest BCUT2D eigenvalue weighted by Gasteiger charge is 2.36. The van der Waals surface area contributed by atoms with Crippen molar-refractivity contribution < 1.29 is 22.4 Å². The molecule has 118 valence electrons. The first-order chi connectivity index (χ1) is 10.0. The van der Waals surface area contributed by atoms with Gasteiger partial charge in [0.1, 0.15) is 5.82 Å². The Hall–Kier alpha value is -2.37. The maximum absolute atomic E-state index is 13.9. The SMILES string of the molecule is C=C/C(C)=C(\C(=C)C)c1cc(C(N)=O)c(F)c(C(F)(F)F)c1. The number of amides is 1. The fraction of sp³-hybridized carbons (Fsp3) is 0.188. The van der Waals surface area contributed by atoms with Crippen LogP contribution in [0.3, 0.4) is 0 Å². The van der Waals surface area contributed by atoms with E-state index in [1.54, 1.807) is 13.8 Å². The lowest BCUT2D eigenvalue weighted by molar-refractivity contribution is -0.140. The number of hydrogen-bond donors (Lipinski definition) is 1. The number of primary amides is 1. The number of hydrogen-bond acceptors (Lipinski definition) is 1. The van der Waals surface area contributed by atoms with Crippen molar-refractivity contribution in [3.05, 3.63) is 65.0 Å². The van der Waals surface area contributed by atoms with E-state index >= 15 is 0 Å². The van der Waals surface area contributed by atoms with Crippen molar-refractivity contribution in [2.45, 2.75) is 20.0 Å². The molecule has 0 radical (unpaired) electrons. The number of benzene rings is 1. The first-order valence-electron chi connectivity index (χ1n) is 6.20. The average molecular weight is 313 g/mol. The van der Waals surface area contributed by atoms with E-state index < -0.39 is 29.0 Å². The number of halogens is 4. The Morgan fingerprint density at radius 3 is 2.18 bits per heavy atom. The summed E-state index contributed by atoms with van der Waals surface area (Å²) in [7, 11) is 0. The quantitative estimate of drug-likeness (QED) is 0.646. The number of allylic oxidation sites excluding steroid dienone is 4. The highest BCUT2D eigenvalue weighted by Crippen LogP contribution is 2.36. The minimum atomic E-state index is -4.95. The van der Waals surface area contributed by atoms with Crippen molar-refractivity contribution in [1.29, 1.82) is 0 Å². The number of rotatable bonds is 4. The molecule has 22 heavy (non-hydrogen) atoms. The summed E-state index contributed by atoms with van der Waals surface area (Å²) in [6, 6.07) is 1.63. The molecule has 1 aromatic carbocycles. The van der Waals surface area contributed by atoms with Crippen LogP contribution < -0.4 is 5.73 Å². The van der Waals surface area contributed by atoms with Crippen molar-refractivity contribution in [3.8, 4) is 0 Å². The van der Waals surface area contributed by atoms with Crippen molar-refractivity contribution >= 4 is 11.5 Å². The minimum absolute atomic E-state index is 0.00687. The monoisotopic (exact) mass is 313 g/mol. The predicted molar refractivity (Wildman–Crippen MR) is 77.5 cm³/mol. The first kappa shape index (κ1) is 17.7. The number of alkyl halides is 3. The molecule has 0 aliphatic rings. The standard InChI is InChI=1S/C16H15F4NO/c1-5-9(4)13(8(2)3)10-6-11(15(21)22)14(17)12(7-10)16(18,19)20/h5-7H,1-2H2,3-4H3,(H2,21,22)/b13-9+. The zero-order chi connectivity index (χ0) is 17.2. The zero-order valence-electron chi connectivity index (χ0n) is 12.1. The van der Waals surface area contributed by atoms with E-state index in [1.807, 2.05) is 0 Å². The van der Waals surface area contributed by atoms with Crippen LogP contribution in [0, 0.1) is 5.82 Å². The van der Waals surface area contributed by atoms with E-state index in [0.29, 0.717) is 22.8 Å². The Bertz CT molecular complexity index is 684. The van der Waals surface area contributed by atoms with Crippen LogP contribution in [-0.2, 0) is 6.18 Å². The van der Waals surface area contributed by atoms with Crippen LogP contribution in [0.1, 0.15) is 35.3 Å². The van der Waals surface area contributed by atoms with Crippen molar-refractivity contribution in [2.24, 2.45) is 5.73 Å². The van der Waals surface area contributed by atoms with E-state index in [9.17, 15) is 22.4 Å². The van der Waals surface area contributed by atoms with Crippen LogP contribution in [0.2, 0.25) is 0 Å². The van der Waals surface area contributed by atoms with Crippen LogP contribution in [0.15, 0.2) is 42.5 Å². The molecule has 0 spiro atoms. The van der Waals surface area contributed by atoms with Gasteiger partial charge in [0.15, 0.2) is 0 Å². The Morgan fingerprint density at radius 2 is 1.82 bits per heavy atom. The molecule has 0 atom stereocenters. The van der Waals surface area contributed by atoms with Gasteiger partial charge in [0.05, 0.1) is 11.1 Å². The molecule has 0 saturated heterocycles. The Labute approximate surface area is 125 Å². The van der Waals surface area contributed by atoms with Crippen molar-refractivity contribution in [1.82, 2.24) is 0 Å². The van der Waals surface area contributed by atoms with Gasteiger partial charge in [0.25, 0.3) is 5.91 Å². The third kappa shape index (κ3) is 3.44. The smallest absolute Gasteiger partial charge is 0.366 e. The predicted octanol–water partition coefficient (Wildman–Crippen LogP) is 4.48. The molecule has 1 aromatic rings. The summed E-state index contributed by atoms with van der Waals surface area (Å²) < 4.78 is 52.8. The summed E-state index contributed by atoms with van der Waals surface area (Å²) >= 11 is 0. The molecule has 0 aliphatic heterocycles. The fourth-order valence-corrected chi connectivity index (χ4v) is 2.07. The Kier molecular flexibility index (Phi) is 4.96. The Morgan fingerprint density at radius 1 is 1.27 bits per heavy atom. The molecule has 0 heterocycles. The molecule has 1 rings (SSSR count). The summed E-state index contributed by atoms with van der Waals surface area (Å²) in [4.78, 5) is 11.2. The molecule has 2 N–H and O–H groups in total. The zero-order valence-corrected chi connectivity index (χ0v) is 12.1. The maximum Gasteiger partial charge on any atom is 0.419 e. The van der Waals surface area contributed by atoms with Gasteiger partial charge in [-0.3, -0.25) is 4.79 Å². The van der Waals surface area contributed by atoms with E-state index in [4.69, 9.17) is 5.73 Å². The molecule has 0 unspecified atom stereocenters. The Balaban J connectivity index is 3.84. The van der Waals surface area contributed by atoms with E-state index in [-0.39, 0.29) is 5.56 Å². The molecule has 0 bridgehead atoms. The summed E-state index contributed by atoms with van der Waals surface area (Å²) in [5.41, 5.74) is 3.96. The summed E-state index contributed by atoms with van der Waals surface area (Å²) in [6.45, 7) is 10.5. The lowest BCUT2D eigenvalue weighted by Gasteiger charge is -2.16. The van der Waals surface area contributed by atoms with Gasteiger partial charge in [-0.25, -0.2) is 4.39 Å². The second-order valence-electron chi connectivity index (χ2n) is 4.79. The highest BCUT2D eigenvalue weighted by atomic mass is 19.4. The topological polar surface area (TPSA) is 43.1 Å². The lowest BCUT2D eigenvalue weighted by atomic mass is 9.91. The van der Waals surface area contributed by atoms with Gasteiger partial charge in [-0.1, -0.05) is 24.8 Å². The fourth-order valence-electron chi connectivity index (χ4n) is 2.07. The van der Waals surface area contributed by atoms with Gasteiger partial charge in [-0.2, -0.15) is 13.2 Å². The van der Waals surface area contributed by atoms with Gasteiger partial charge < -0.3 is 5.73 Å². The van der Waals surface area contributed by atoms with E-state index in [0.717, 1.165) is 6.07 Å². The van der Waals surface area contributed by atoms with Crippen LogP contribution in [-0.4, -0.2) is 5.91 Å². The van der Waals surface area contributed by atoms with Crippen molar-refractivity contribution in [3.63, 3.8) is 0 Å². The third-order valence-electron chi connectivity index (χ3n) is 3.06. The molecule has 6 heteroatoms. The maximum atomic E-state index is 13.9. The second kappa shape index (κ2) is 6.17. The minimum Gasteiger partial charge on any atom is -0.366 e. The first-order valence-corrected chi connectivity index (χ1v) is 6.20. The van der Waals surface area contributed by atoms with Gasteiger partial charge in [-0.05, 0) is 42.7 Å². The van der Waals surface area contributed by atoms with Gasteiger partial charge in [-0.15, -0.1) is 0 Å². The van der Waals surface area contributed by atoms with Crippen molar-refractivity contribution in [2.75, 3.05) is 0 Å². The van der Waals surface area contributed by atoms with E-state index in [1.165, 1.54) is 6.08 Å². The normalized spacial score (nSPS) is 12.6. The summed E-state index contributed by atoms with van der Waals surface area (Å²) in [5.74, 6) is -2.96. The molecule has 0 fully saturated rings. The van der Waals surface area contributed by atoms with Crippen LogP contribution in [0.5, 0.6) is 0 Å². The lowest BCUT2D eigenvalue weighted by Crippen LogP contribution is -2.18. The van der Waals surface area contributed by atoms with Gasteiger partial charge >= 0.3 is 6.18 Å². The third-order valence-corrected chi connectivity index (χ3v) is 3.06. The second-order valence-corrected chi connectivity index (χ2v) is 4.79. The molecular weight excluding hydrogens is 298 g/mol. The number of carbonyl (C=O) groups excluding carboxylic acids is 1. The molecule has 2 nitrogen and oxygen atoms in total. The highest BCUT2D eigenvalue weighted by molar-refractivity contribution is 5.95. The molecule has 0 aliphatic carbocycles. The average Bonchev–Trinajstić information content (AvgIpc) is 2.38. The van der Waals surface area contributed by atoms with Crippen LogP contribution >= 0.6 is 0 Å². The number of nitrogens with two attached hydrogens (primary N) is 1. The van der Waals surface area contributed by atoms with E-state index in [2.05, 4.69) is 13.2 Å².